The lowest BCUT2D eigenvalue weighted by Crippen LogP contribution is -2.70. The van der Waals surface area contributed by atoms with Crippen LogP contribution >= 0.6 is 11.8 Å². The molecule has 0 saturated heterocycles. The molecule has 284 valence electrons. The third kappa shape index (κ3) is 8.48. The number of hydrogen-bond donors (Lipinski definition) is 2. The van der Waals surface area contributed by atoms with Crippen molar-refractivity contribution in [3.8, 4) is 17.2 Å². The van der Waals surface area contributed by atoms with Crippen LogP contribution in [-0.2, 0) is 14.3 Å². The van der Waals surface area contributed by atoms with E-state index in [0.717, 1.165) is 53.2 Å². The van der Waals surface area contributed by atoms with Crippen LogP contribution in [0.1, 0.15) is 76.7 Å². The Labute approximate surface area is 313 Å². The number of benzene rings is 2. The van der Waals surface area contributed by atoms with Crippen molar-refractivity contribution < 1.29 is 38.8 Å². The van der Waals surface area contributed by atoms with E-state index in [1.807, 2.05) is 49.6 Å². The van der Waals surface area contributed by atoms with E-state index in [1.165, 1.54) is 0 Å². The SMILES string of the molecule is C=CCO[C@@]12Oc3ccc(Oc4ccc(SC)cc4)cc3[C@H]3[C@H](CCCCO)[C@@H](CCCCO)C=C(C(=NOC)C[C@@H]1N(CCC)C(=O)OCC)[C@H]32. The number of hydrogen-bond acceptors (Lipinski definition) is 10. The number of carbonyl (C=O) groups excluding carboxylic acids is 1. The predicted molar refractivity (Wildman–Crippen MR) is 204 cm³/mol. The van der Waals surface area contributed by atoms with E-state index in [1.54, 1.807) is 36.8 Å². The molecule has 0 radical (unpaired) electrons. The number of rotatable bonds is 19. The van der Waals surface area contributed by atoms with E-state index in [9.17, 15) is 15.0 Å². The first-order chi connectivity index (χ1) is 25.4. The Hall–Kier alpha value is -3.51. The molecular weight excluding hydrogens is 681 g/mol. The molecule has 0 aromatic heterocycles. The quantitative estimate of drug-likeness (QED) is 0.0635. The number of carbonyl (C=O) groups is 1. The van der Waals surface area contributed by atoms with Gasteiger partial charge in [0.05, 0.1) is 24.8 Å². The molecule has 6 atom stereocenters. The van der Waals surface area contributed by atoms with Gasteiger partial charge < -0.3 is 34.0 Å². The summed E-state index contributed by atoms with van der Waals surface area (Å²) in [6.45, 7) is 8.95. The van der Waals surface area contributed by atoms with E-state index >= 15 is 0 Å². The number of fused-ring (bicyclic) bond motifs is 2. The smallest absolute Gasteiger partial charge is 0.410 e. The fourth-order valence-corrected chi connectivity index (χ4v) is 8.83. The molecule has 0 bridgehead atoms. The van der Waals surface area contributed by atoms with Gasteiger partial charge >= 0.3 is 6.09 Å². The van der Waals surface area contributed by atoms with Crippen LogP contribution in [0.2, 0.25) is 0 Å². The molecule has 10 nitrogen and oxygen atoms in total. The zero-order valence-corrected chi connectivity index (χ0v) is 31.9. The second-order valence-corrected chi connectivity index (χ2v) is 14.5. The first-order valence-electron chi connectivity index (χ1n) is 18.8. The van der Waals surface area contributed by atoms with Gasteiger partial charge in [-0.25, -0.2) is 4.79 Å². The topological polar surface area (TPSA) is 119 Å². The predicted octanol–water partition coefficient (Wildman–Crippen LogP) is 8.33. The highest BCUT2D eigenvalue weighted by Crippen LogP contribution is 2.62. The number of amides is 1. The van der Waals surface area contributed by atoms with Crippen molar-refractivity contribution in [1.29, 1.82) is 0 Å². The van der Waals surface area contributed by atoms with Gasteiger partial charge in [-0.1, -0.05) is 37.1 Å². The van der Waals surface area contributed by atoms with Gasteiger partial charge in [0.25, 0.3) is 0 Å². The van der Waals surface area contributed by atoms with Crippen LogP contribution in [0.15, 0.2) is 76.8 Å². The van der Waals surface area contributed by atoms with Gasteiger partial charge in [0, 0.05) is 42.6 Å². The minimum Gasteiger partial charge on any atom is -0.459 e. The van der Waals surface area contributed by atoms with Gasteiger partial charge in [-0.2, -0.15) is 0 Å². The maximum absolute atomic E-state index is 13.8. The molecule has 2 aliphatic carbocycles. The molecule has 1 fully saturated rings. The normalized spacial score (nSPS) is 25.3. The Bertz CT molecular complexity index is 1550. The van der Waals surface area contributed by atoms with Gasteiger partial charge in [-0.05, 0) is 105 Å². The van der Waals surface area contributed by atoms with Crippen molar-refractivity contribution in [3.63, 3.8) is 0 Å². The van der Waals surface area contributed by atoms with Crippen LogP contribution in [0, 0.1) is 17.8 Å². The molecule has 11 heteroatoms. The molecule has 2 aromatic carbocycles. The highest BCUT2D eigenvalue weighted by atomic mass is 32.2. The second kappa shape index (κ2) is 19.0. The van der Waals surface area contributed by atoms with Crippen LogP contribution in [0.3, 0.4) is 0 Å². The Balaban J connectivity index is 1.75. The third-order valence-corrected chi connectivity index (χ3v) is 11.2. The van der Waals surface area contributed by atoms with Crippen molar-refractivity contribution in [1.82, 2.24) is 4.90 Å². The maximum Gasteiger partial charge on any atom is 0.410 e. The van der Waals surface area contributed by atoms with Crippen molar-refractivity contribution in [2.75, 3.05) is 46.3 Å². The lowest BCUT2D eigenvalue weighted by molar-refractivity contribution is -0.255. The first-order valence-corrected chi connectivity index (χ1v) is 20.0. The van der Waals surface area contributed by atoms with Crippen LogP contribution in [-0.4, -0.2) is 85.1 Å². The Morgan fingerprint density at radius 2 is 1.81 bits per heavy atom. The van der Waals surface area contributed by atoms with Gasteiger partial charge in [-0.3, -0.25) is 4.90 Å². The largest absolute Gasteiger partial charge is 0.459 e. The zero-order chi connectivity index (χ0) is 37.1. The van der Waals surface area contributed by atoms with Gasteiger partial charge in [-0.15, -0.1) is 18.3 Å². The van der Waals surface area contributed by atoms with Crippen molar-refractivity contribution in [2.24, 2.45) is 22.9 Å². The number of aliphatic hydroxyl groups excluding tert-OH is 2. The Morgan fingerprint density at radius 3 is 2.46 bits per heavy atom. The minimum atomic E-state index is -1.31. The average Bonchev–Trinajstić information content (AvgIpc) is 3.15. The van der Waals surface area contributed by atoms with E-state index in [-0.39, 0.29) is 50.1 Å². The zero-order valence-electron chi connectivity index (χ0n) is 31.1. The van der Waals surface area contributed by atoms with Gasteiger partial charge in [0.15, 0.2) is 0 Å². The van der Waals surface area contributed by atoms with Crippen molar-refractivity contribution in [3.05, 3.63) is 72.3 Å². The molecule has 0 spiro atoms. The number of allylic oxidation sites excluding steroid dienone is 1. The van der Waals surface area contributed by atoms with Crippen LogP contribution in [0.25, 0.3) is 0 Å². The maximum atomic E-state index is 13.8. The van der Waals surface area contributed by atoms with Gasteiger partial charge in [0.2, 0.25) is 5.79 Å². The minimum absolute atomic E-state index is 0.120. The van der Waals surface area contributed by atoms with Crippen LogP contribution < -0.4 is 9.47 Å². The number of nitrogens with zero attached hydrogens (tertiary/aromatic N) is 2. The number of oxime groups is 1. The molecular formula is C41H56N2O8S. The molecule has 2 aromatic rings. The van der Waals surface area contributed by atoms with E-state index in [0.29, 0.717) is 43.7 Å². The van der Waals surface area contributed by atoms with E-state index < -0.39 is 17.9 Å². The van der Waals surface area contributed by atoms with E-state index in [4.69, 9.17) is 23.8 Å². The fraction of sp³-hybridized carbons (Fsp3) is 0.561. The summed E-state index contributed by atoms with van der Waals surface area (Å²) in [6.07, 6.45) is 11.5. The summed E-state index contributed by atoms with van der Waals surface area (Å²) in [7, 11) is 1.55. The molecule has 52 heavy (non-hydrogen) atoms. The number of unbranched alkanes of at least 4 members (excludes halogenated alkanes) is 2. The number of aliphatic hydroxyl groups is 2. The summed E-state index contributed by atoms with van der Waals surface area (Å²) in [5.74, 6) is 0.537. The summed E-state index contributed by atoms with van der Waals surface area (Å²) >= 11 is 1.68. The molecule has 1 heterocycles. The van der Waals surface area contributed by atoms with Crippen molar-refractivity contribution >= 4 is 23.6 Å². The summed E-state index contributed by atoms with van der Waals surface area (Å²) in [6, 6.07) is 13.4. The average molecular weight is 737 g/mol. The van der Waals surface area contributed by atoms with Crippen LogP contribution in [0.5, 0.6) is 17.2 Å². The molecule has 2 N–H and O–H groups in total. The highest BCUT2D eigenvalue weighted by Gasteiger charge is 2.65. The fourth-order valence-electron chi connectivity index (χ4n) is 8.42. The molecule has 3 aliphatic rings. The molecule has 1 amide bonds. The second-order valence-electron chi connectivity index (χ2n) is 13.6. The summed E-state index contributed by atoms with van der Waals surface area (Å²) in [5, 5.41) is 24.2. The number of ether oxygens (including phenoxy) is 4. The first kappa shape index (κ1) is 39.7. The van der Waals surface area contributed by atoms with Gasteiger partial charge in [0.1, 0.15) is 30.4 Å². The monoisotopic (exact) mass is 736 g/mol. The summed E-state index contributed by atoms with van der Waals surface area (Å²) < 4.78 is 26.3. The third-order valence-electron chi connectivity index (χ3n) is 10.5. The Kier molecular flexibility index (Phi) is 14.5. The molecule has 1 saturated carbocycles. The Morgan fingerprint density at radius 1 is 1.08 bits per heavy atom. The summed E-state index contributed by atoms with van der Waals surface area (Å²) in [5.41, 5.74) is 2.74. The van der Waals surface area contributed by atoms with E-state index in [2.05, 4.69) is 23.9 Å². The molecule has 5 rings (SSSR count). The lowest BCUT2D eigenvalue weighted by atomic mass is 9.55. The lowest BCUT2D eigenvalue weighted by Gasteiger charge is -2.59. The van der Waals surface area contributed by atoms with Crippen molar-refractivity contribution in [2.45, 2.75) is 87.9 Å². The van der Waals surface area contributed by atoms with Crippen LogP contribution in [0.4, 0.5) is 4.79 Å². The highest BCUT2D eigenvalue weighted by molar-refractivity contribution is 7.98. The summed E-state index contributed by atoms with van der Waals surface area (Å²) in [4.78, 5) is 22.2. The molecule has 0 unspecified atom stereocenters. The standard InChI is InChI=1S/C41H56N2O8S/c1-6-21-43(40(46)48-8-3)37-27-35(42-47-4)33-25-28(13-9-11-22-44)32(14-10-12-23-45)38-34-26-30(50-29-15-18-31(52-5)19-16-29)17-20-36(34)51-41(37,39(33)38)49-24-7-2/h7,15-20,25-26,28,32,37-39,44-45H,2,6,8-14,21-24,27H2,1,3-5H3/t28-,32+,37-,38+,39+,41+/m0/s1. The number of thioether (sulfide) groups is 1. The molecule has 1 aliphatic heterocycles.